The van der Waals surface area contributed by atoms with Crippen LogP contribution in [0.15, 0.2) is 36.7 Å². The molecule has 2 heterocycles. The zero-order valence-electron chi connectivity index (χ0n) is 14.6. The molecule has 3 rings (SSSR count). The predicted molar refractivity (Wildman–Crippen MR) is 102 cm³/mol. The highest BCUT2D eigenvalue weighted by Gasteiger charge is 2.36. The van der Waals surface area contributed by atoms with E-state index in [-0.39, 0.29) is 24.2 Å². The lowest BCUT2D eigenvalue weighted by Crippen LogP contribution is -2.28. The Balaban J connectivity index is 1.92. The van der Waals surface area contributed by atoms with Crippen LogP contribution in [0.2, 0.25) is 5.02 Å². The highest BCUT2D eigenvalue weighted by atomic mass is 35.5. The van der Waals surface area contributed by atoms with Crippen molar-refractivity contribution >= 4 is 33.2 Å². The molecule has 26 heavy (non-hydrogen) atoms. The van der Waals surface area contributed by atoms with Gasteiger partial charge in [0.1, 0.15) is 0 Å². The molecule has 1 aliphatic rings. The van der Waals surface area contributed by atoms with Crippen molar-refractivity contribution in [3.63, 3.8) is 0 Å². The van der Waals surface area contributed by atoms with E-state index < -0.39 is 10.0 Å². The Bertz CT molecular complexity index is 946. The maximum atomic E-state index is 12.9. The molecule has 1 atom stereocenters. The minimum Gasteiger partial charge on any atom is -0.299 e. The minimum absolute atomic E-state index is 0.0126. The number of nitrogens with zero attached hydrogens (tertiary/aromatic N) is 2. The largest absolute Gasteiger partial charge is 0.299 e. The Labute approximate surface area is 158 Å². The topological polar surface area (TPSA) is 79.4 Å². The average molecular weight is 394 g/mol. The molecule has 0 saturated carbocycles. The van der Waals surface area contributed by atoms with Crippen LogP contribution in [0.5, 0.6) is 0 Å². The van der Waals surface area contributed by atoms with Crippen LogP contribution in [0.1, 0.15) is 47.8 Å². The van der Waals surface area contributed by atoms with Crippen LogP contribution < -0.4 is 9.62 Å². The van der Waals surface area contributed by atoms with Gasteiger partial charge in [0, 0.05) is 23.3 Å². The number of rotatable bonds is 6. The van der Waals surface area contributed by atoms with E-state index in [4.69, 9.17) is 11.6 Å². The Kier molecular flexibility index (Phi) is 5.32. The molecule has 1 aromatic carbocycles. The summed E-state index contributed by atoms with van der Waals surface area (Å²) in [6.45, 7) is 3.72. The van der Waals surface area contributed by atoms with Gasteiger partial charge < -0.3 is 0 Å². The zero-order chi connectivity index (χ0) is 18.9. The number of hydrogen-bond donors (Lipinski definition) is 1. The summed E-state index contributed by atoms with van der Waals surface area (Å²) >= 11 is 6.10. The fourth-order valence-electron chi connectivity index (χ4n) is 3.11. The van der Waals surface area contributed by atoms with Crippen molar-refractivity contribution in [1.29, 1.82) is 0 Å². The summed E-state index contributed by atoms with van der Waals surface area (Å²) in [6, 6.07) is 6.95. The number of hydrogen-bond acceptors (Lipinski definition) is 4. The molecule has 0 spiro atoms. The maximum Gasteiger partial charge on any atom is 0.259 e. The third-order valence-electron chi connectivity index (χ3n) is 4.46. The first-order chi connectivity index (χ1) is 12.4. The van der Waals surface area contributed by atoms with Gasteiger partial charge in [-0.15, -0.1) is 0 Å². The molecule has 1 N–H and O–H groups in total. The van der Waals surface area contributed by atoms with Crippen molar-refractivity contribution < 1.29 is 13.2 Å². The van der Waals surface area contributed by atoms with E-state index in [1.54, 1.807) is 42.4 Å². The number of pyridine rings is 1. The molecular weight excluding hydrogens is 374 g/mol. The lowest BCUT2D eigenvalue weighted by molar-refractivity contribution is 0.0990. The Morgan fingerprint density at radius 1 is 1.23 bits per heavy atom. The molecule has 2 aromatic rings. The van der Waals surface area contributed by atoms with Crippen LogP contribution in [-0.2, 0) is 16.6 Å². The molecule has 138 valence electrons. The lowest BCUT2D eigenvalue weighted by atomic mass is 10.0. The van der Waals surface area contributed by atoms with E-state index >= 15 is 0 Å². The van der Waals surface area contributed by atoms with Gasteiger partial charge in [0.2, 0.25) is 10.0 Å². The number of halogens is 1. The van der Waals surface area contributed by atoms with Gasteiger partial charge in [-0.2, -0.15) is 0 Å². The Morgan fingerprint density at radius 2 is 2.00 bits per heavy atom. The Morgan fingerprint density at radius 3 is 2.69 bits per heavy atom. The number of sulfonamides is 1. The first-order valence-electron chi connectivity index (χ1n) is 8.40. The smallest absolute Gasteiger partial charge is 0.259 e. The normalized spacial score (nSPS) is 16.8. The van der Waals surface area contributed by atoms with E-state index in [1.165, 1.54) is 0 Å². The van der Waals surface area contributed by atoms with Gasteiger partial charge >= 0.3 is 0 Å². The van der Waals surface area contributed by atoms with E-state index in [2.05, 4.69) is 9.71 Å². The van der Waals surface area contributed by atoms with E-state index in [0.29, 0.717) is 21.8 Å². The minimum atomic E-state index is -3.30. The molecule has 0 radical (unpaired) electrons. The molecule has 1 amide bonds. The fraction of sp³-hybridized carbons (Fsp3) is 0.333. The van der Waals surface area contributed by atoms with Gasteiger partial charge in [0.05, 0.1) is 23.7 Å². The van der Waals surface area contributed by atoms with Crippen molar-refractivity contribution in [2.45, 2.75) is 32.9 Å². The third-order valence-corrected chi connectivity index (χ3v) is 6.03. The summed E-state index contributed by atoms with van der Waals surface area (Å²) in [6.07, 6.45) is 3.94. The standard InChI is InChI=1S/C18H20ClN3O3S/c1-3-17-16-8-13(19)5-6-15(16)18(23)22(17)14-7-12(9-20-11-14)10-21-26(24,25)4-2/h5-9,11,17,21H,3-4,10H2,1-2H3. The molecule has 0 fully saturated rings. The average Bonchev–Trinajstić information content (AvgIpc) is 2.91. The third kappa shape index (κ3) is 3.60. The summed E-state index contributed by atoms with van der Waals surface area (Å²) in [5.74, 6) is -0.0878. The van der Waals surface area contributed by atoms with Crippen LogP contribution in [0.4, 0.5) is 5.69 Å². The van der Waals surface area contributed by atoms with Gasteiger partial charge in [-0.25, -0.2) is 13.1 Å². The van der Waals surface area contributed by atoms with Crippen LogP contribution in [0.3, 0.4) is 0 Å². The van der Waals surface area contributed by atoms with Crippen LogP contribution >= 0.6 is 11.6 Å². The van der Waals surface area contributed by atoms with Crippen molar-refractivity contribution in [3.8, 4) is 0 Å². The van der Waals surface area contributed by atoms with E-state index in [9.17, 15) is 13.2 Å². The molecule has 0 bridgehead atoms. The molecular formula is C18H20ClN3O3S. The Hall–Kier alpha value is -1.96. The summed E-state index contributed by atoms with van der Waals surface area (Å²) in [7, 11) is -3.30. The number of carbonyl (C=O) groups is 1. The summed E-state index contributed by atoms with van der Waals surface area (Å²) < 4.78 is 25.8. The number of aromatic nitrogens is 1. The second-order valence-corrected chi connectivity index (χ2v) is 8.64. The molecule has 6 nitrogen and oxygen atoms in total. The van der Waals surface area contributed by atoms with Gasteiger partial charge in [0.15, 0.2) is 0 Å². The first-order valence-corrected chi connectivity index (χ1v) is 10.4. The van der Waals surface area contributed by atoms with Crippen LogP contribution in [0.25, 0.3) is 0 Å². The molecule has 1 unspecified atom stereocenters. The molecule has 0 saturated heterocycles. The second-order valence-electron chi connectivity index (χ2n) is 6.11. The van der Waals surface area contributed by atoms with Crippen molar-refractivity contribution in [2.24, 2.45) is 0 Å². The monoisotopic (exact) mass is 393 g/mol. The van der Waals surface area contributed by atoms with Gasteiger partial charge in [-0.1, -0.05) is 18.5 Å². The summed E-state index contributed by atoms with van der Waals surface area (Å²) in [5.41, 5.74) is 2.87. The number of benzene rings is 1. The fourth-order valence-corrected chi connectivity index (χ4v) is 3.88. The maximum absolute atomic E-state index is 12.9. The summed E-state index contributed by atoms with van der Waals surface area (Å²) in [4.78, 5) is 18.8. The van der Waals surface area contributed by atoms with E-state index in [0.717, 1.165) is 12.0 Å². The predicted octanol–water partition coefficient (Wildman–Crippen LogP) is 3.29. The zero-order valence-corrected chi connectivity index (χ0v) is 16.1. The molecule has 1 aromatic heterocycles. The highest BCUT2D eigenvalue weighted by Crippen LogP contribution is 2.40. The molecule has 0 aliphatic carbocycles. The number of fused-ring (bicyclic) bond motifs is 1. The van der Waals surface area contributed by atoms with Crippen molar-refractivity contribution in [1.82, 2.24) is 9.71 Å². The summed E-state index contributed by atoms with van der Waals surface area (Å²) in [5, 5.41) is 0.595. The molecule has 1 aliphatic heterocycles. The number of anilines is 1. The lowest BCUT2D eigenvalue weighted by Gasteiger charge is -2.24. The quantitative estimate of drug-likeness (QED) is 0.816. The number of amides is 1. The number of carbonyl (C=O) groups excluding carboxylic acids is 1. The SMILES string of the molecule is CCC1c2cc(Cl)ccc2C(=O)N1c1cncc(CNS(=O)(=O)CC)c1. The van der Waals surface area contributed by atoms with Crippen LogP contribution in [0, 0.1) is 0 Å². The highest BCUT2D eigenvalue weighted by molar-refractivity contribution is 7.89. The van der Waals surface area contributed by atoms with E-state index in [1.807, 2.05) is 13.0 Å². The first kappa shape index (κ1) is 18.8. The van der Waals surface area contributed by atoms with Gasteiger partial charge in [-0.05, 0) is 48.7 Å². The number of nitrogens with one attached hydrogen (secondary N) is 1. The van der Waals surface area contributed by atoms with Crippen molar-refractivity contribution in [2.75, 3.05) is 10.7 Å². The second kappa shape index (κ2) is 7.34. The molecule has 8 heteroatoms. The van der Waals surface area contributed by atoms with Crippen LogP contribution in [-0.4, -0.2) is 25.1 Å². The van der Waals surface area contributed by atoms with Gasteiger partial charge in [-0.3, -0.25) is 14.7 Å². The van der Waals surface area contributed by atoms with Gasteiger partial charge in [0.25, 0.3) is 5.91 Å². The van der Waals surface area contributed by atoms with Crippen molar-refractivity contribution in [3.05, 3.63) is 58.4 Å².